The normalized spacial score (nSPS) is 19.8. The summed E-state index contributed by atoms with van der Waals surface area (Å²) in [7, 11) is -0.507. The molecule has 0 saturated carbocycles. The number of halogens is 3. The Bertz CT molecular complexity index is 740. The van der Waals surface area contributed by atoms with Crippen molar-refractivity contribution in [3.05, 3.63) is 53.8 Å². The Hall–Kier alpha value is -1.75. The number of rotatable bonds is 8. The number of ether oxygens (including phenoxy) is 1. The summed E-state index contributed by atoms with van der Waals surface area (Å²) in [6.07, 6.45) is 6.71. The average molecular weight is 407 g/mol. The van der Waals surface area contributed by atoms with E-state index in [1.807, 2.05) is 12.1 Å². The lowest BCUT2D eigenvalue weighted by Crippen LogP contribution is -2.20. The lowest BCUT2D eigenvalue weighted by molar-refractivity contribution is -0.0521. The Morgan fingerprint density at radius 3 is 2.29 bits per heavy atom. The van der Waals surface area contributed by atoms with E-state index in [2.05, 4.69) is 23.8 Å². The average Bonchev–Trinajstić information content (AvgIpc) is 2.70. The highest BCUT2D eigenvalue weighted by Gasteiger charge is 2.23. The van der Waals surface area contributed by atoms with Crippen molar-refractivity contribution in [2.24, 2.45) is 0 Å². The molecule has 152 valence electrons. The van der Waals surface area contributed by atoms with Crippen LogP contribution in [-0.2, 0) is 0 Å². The highest BCUT2D eigenvalue weighted by Crippen LogP contribution is 2.36. The van der Waals surface area contributed by atoms with Crippen LogP contribution in [-0.4, -0.2) is 15.4 Å². The van der Waals surface area contributed by atoms with E-state index in [0.29, 0.717) is 11.5 Å². The van der Waals surface area contributed by atoms with Crippen LogP contribution in [0.2, 0.25) is 18.1 Å². The molecule has 1 aliphatic heterocycles. The van der Waals surface area contributed by atoms with Crippen molar-refractivity contribution >= 4 is 8.80 Å². The molecule has 0 amide bonds. The van der Waals surface area contributed by atoms with Crippen molar-refractivity contribution in [2.75, 3.05) is 0 Å². The van der Waals surface area contributed by atoms with E-state index in [1.54, 1.807) is 6.07 Å². The van der Waals surface area contributed by atoms with Gasteiger partial charge in [0.1, 0.15) is 0 Å². The van der Waals surface area contributed by atoms with Crippen LogP contribution in [0.1, 0.15) is 50.5 Å². The fourth-order valence-electron chi connectivity index (χ4n) is 4.29. The smallest absolute Gasteiger partial charge is 0.387 e. The first kappa shape index (κ1) is 21.0. The maximum Gasteiger partial charge on any atom is 0.387 e. The predicted octanol–water partition coefficient (Wildman–Crippen LogP) is 7.39. The second-order valence-electron chi connectivity index (χ2n) is 7.86. The fourth-order valence-corrected chi connectivity index (χ4v) is 7.77. The molecular weight excluding hydrogens is 377 g/mol. The van der Waals surface area contributed by atoms with Crippen LogP contribution in [0.5, 0.6) is 5.75 Å². The number of alkyl halides is 2. The summed E-state index contributed by atoms with van der Waals surface area (Å²) in [5.74, 6) is -0.550. The zero-order valence-electron chi connectivity index (χ0n) is 16.5. The molecule has 1 heterocycles. The number of hydrogen-bond donors (Lipinski definition) is 0. The van der Waals surface area contributed by atoms with Gasteiger partial charge in [0.15, 0.2) is 11.6 Å². The number of hydrogen-bond acceptors (Lipinski definition) is 1. The molecule has 0 aromatic heterocycles. The van der Waals surface area contributed by atoms with E-state index in [-0.39, 0.29) is 0 Å². The van der Waals surface area contributed by atoms with Gasteiger partial charge in [0, 0.05) is 8.80 Å². The largest absolute Gasteiger partial charge is 0.432 e. The summed E-state index contributed by atoms with van der Waals surface area (Å²) in [5, 5.41) is 0. The summed E-state index contributed by atoms with van der Waals surface area (Å²) in [5.41, 5.74) is 2.91. The lowest BCUT2D eigenvalue weighted by atomic mass is 9.92. The molecule has 3 rings (SSSR count). The molecule has 1 saturated heterocycles. The van der Waals surface area contributed by atoms with Gasteiger partial charge in [0.25, 0.3) is 0 Å². The zero-order valence-corrected chi connectivity index (χ0v) is 17.6. The summed E-state index contributed by atoms with van der Waals surface area (Å²) in [6, 6.07) is 16.8. The van der Waals surface area contributed by atoms with E-state index in [0.717, 1.165) is 5.56 Å². The lowest BCUT2D eigenvalue weighted by Gasteiger charge is -2.28. The highest BCUT2D eigenvalue weighted by molar-refractivity contribution is 6.59. The van der Waals surface area contributed by atoms with Gasteiger partial charge in [0.2, 0.25) is 0 Å². The van der Waals surface area contributed by atoms with E-state index in [9.17, 15) is 13.2 Å². The first-order valence-corrected chi connectivity index (χ1v) is 12.9. The van der Waals surface area contributed by atoms with Crippen molar-refractivity contribution in [2.45, 2.75) is 69.7 Å². The molecule has 0 spiro atoms. The number of benzene rings is 2. The molecule has 1 nitrogen and oxygen atoms in total. The van der Waals surface area contributed by atoms with Gasteiger partial charge >= 0.3 is 6.61 Å². The van der Waals surface area contributed by atoms with E-state index >= 15 is 0 Å². The third-order valence-electron chi connectivity index (χ3n) is 5.93. The van der Waals surface area contributed by atoms with Gasteiger partial charge in [0.05, 0.1) is 0 Å². The minimum Gasteiger partial charge on any atom is -0.432 e. The summed E-state index contributed by atoms with van der Waals surface area (Å²) in [6.45, 7) is -0.758. The Morgan fingerprint density at radius 1 is 1.00 bits per heavy atom. The van der Waals surface area contributed by atoms with Crippen molar-refractivity contribution in [3.63, 3.8) is 0 Å². The molecule has 0 bridgehead atoms. The van der Waals surface area contributed by atoms with Gasteiger partial charge < -0.3 is 4.74 Å². The third-order valence-corrected chi connectivity index (χ3v) is 9.45. The first-order valence-electron chi connectivity index (χ1n) is 10.4. The molecule has 0 radical (unpaired) electrons. The maximum atomic E-state index is 14.0. The molecule has 28 heavy (non-hydrogen) atoms. The van der Waals surface area contributed by atoms with Crippen LogP contribution in [0.25, 0.3) is 11.1 Å². The summed E-state index contributed by atoms with van der Waals surface area (Å²) >= 11 is 0. The molecule has 2 aromatic rings. The SMILES string of the molecule is CCCCC[Si@H]1CC[C@H](c2ccc(-c3ccc(OC(F)F)c(F)c3)cc2)CC1. The Kier molecular flexibility index (Phi) is 7.60. The van der Waals surface area contributed by atoms with Crippen LogP contribution in [0.3, 0.4) is 0 Å². The summed E-state index contributed by atoms with van der Waals surface area (Å²) in [4.78, 5) is 0. The van der Waals surface area contributed by atoms with E-state index in [1.165, 1.54) is 67.9 Å². The molecule has 0 N–H and O–H groups in total. The Labute approximate surface area is 167 Å². The maximum absolute atomic E-state index is 14.0. The Morgan fingerprint density at radius 2 is 1.68 bits per heavy atom. The van der Waals surface area contributed by atoms with E-state index < -0.39 is 27.0 Å². The molecule has 1 aliphatic rings. The minimum atomic E-state index is -3.02. The predicted molar refractivity (Wildman–Crippen MR) is 112 cm³/mol. The molecule has 0 atom stereocenters. The highest BCUT2D eigenvalue weighted by atomic mass is 28.3. The number of unbranched alkanes of at least 4 members (excludes halogenated alkanes) is 2. The Balaban J connectivity index is 1.59. The molecule has 2 aromatic carbocycles. The quantitative estimate of drug-likeness (QED) is 0.328. The van der Waals surface area contributed by atoms with Crippen molar-refractivity contribution < 1.29 is 17.9 Å². The van der Waals surface area contributed by atoms with Gasteiger partial charge in [-0.05, 0) is 47.6 Å². The van der Waals surface area contributed by atoms with Crippen molar-refractivity contribution in [1.82, 2.24) is 0 Å². The van der Waals surface area contributed by atoms with Gasteiger partial charge in [-0.1, -0.05) is 74.7 Å². The summed E-state index contributed by atoms with van der Waals surface area (Å²) < 4.78 is 42.6. The molecule has 0 unspecified atom stereocenters. The third kappa shape index (κ3) is 5.63. The van der Waals surface area contributed by atoms with Gasteiger partial charge in [-0.2, -0.15) is 8.78 Å². The zero-order chi connectivity index (χ0) is 19.9. The minimum absolute atomic E-state index is 0.421. The molecule has 0 aliphatic carbocycles. The molecule has 1 fully saturated rings. The van der Waals surface area contributed by atoms with Gasteiger partial charge in [-0.3, -0.25) is 0 Å². The van der Waals surface area contributed by atoms with Crippen LogP contribution >= 0.6 is 0 Å². The van der Waals surface area contributed by atoms with Crippen molar-refractivity contribution in [3.8, 4) is 16.9 Å². The van der Waals surface area contributed by atoms with Crippen LogP contribution in [0.4, 0.5) is 13.2 Å². The molecular formula is C23H29F3OSi. The van der Waals surface area contributed by atoms with Crippen LogP contribution in [0, 0.1) is 5.82 Å². The first-order chi connectivity index (χ1) is 13.6. The standard InChI is InChI=1S/C23H29F3OSi/c1-2-3-4-13-28-14-11-19(12-15-28)17-5-7-18(8-6-17)20-9-10-22(21(24)16-20)27-23(25)26/h5-10,16,19,23,28H,2-4,11-15H2,1H3/t19-,28-. The van der Waals surface area contributed by atoms with Gasteiger partial charge in [-0.25, -0.2) is 4.39 Å². The van der Waals surface area contributed by atoms with Crippen LogP contribution < -0.4 is 4.74 Å². The topological polar surface area (TPSA) is 9.23 Å². The van der Waals surface area contributed by atoms with Gasteiger partial charge in [-0.15, -0.1) is 0 Å². The van der Waals surface area contributed by atoms with Crippen molar-refractivity contribution in [1.29, 1.82) is 0 Å². The van der Waals surface area contributed by atoms with E-state index in [4.69, 9.17) is 0 Å². The van der Waals surface area contributed by atoms with Crippen LogP contribution in [0.15, 0.2) is 42.5 Å². The second kappa shape index (κ2) is 10.1. The molecule has 5 heteroatoms. The second-order valence-corrected chi connectivity index (χ2v) is 11.3. The monoisotopic (exact) mass is 406 g/mol. The fraction of sp³-hybridized carbons (Fsp3) is 0.478.